The van der Waals surface area contributed by atoms with Crippen molar-refractivity contribution < 1.29 is 0 Å². The molecule has 0 fully saturated rings. The van der Waals surface area contributed by atoms with Crippen LogP contribution in [0.4, 0.5) is 0 Å². The van der Waals surface area contributed by atoms with Crippen LogP contribution in [-0.4, -0.2) is 31.6 Å². The average Bonchev–Trinajstić information content (AvgIpc) is 2.14. The monoisotopic (exact) mass is 197 g/mol. The molecule has 0 aromatic rings. The van der Waals surface area contributed by atoms with Gasteiger partial charge in [0.15, 0.2) is 0 Å². The van der Waals surface area contributed by atoms with Gasteiger partial charge < -0.3 is 10.6 Å². The molecule has 3 heteroatoms. The third-order valence-electron chi connectivity index (χ3n) is 2.39. The largest absolute Gasteiger partial charge is 0.330 e. The van der Waals surface area contributed by atoms with Crippen LogP contribution in [0.3, 0.4) is 0 Å². The lowest BCUT2D eigenvalue weighted by molar-refractivity contribution is 0.302. The topological polar surface area (TPSA) is 53.0 Å². The maximum Gasteiger partial charge on any atom is 0.0683 e. The summed E-state index contributed by atoms with van der Waals surface area (Å²) in [6, 6.07) is 2.32. The molecule has 0 aliphatic rings. The zero-order chi connectivity index (χ0) is 11.0. The standard InChI is InChI=1S/C11H23N3/c1-11(2,10-13)6-4-8-14(3)9-5-7-12/h4-9,12H2,1-3H3. The third-order valence-corrected chi connectivity index (χ3v) is 2.39. The summed E-state index contributed by atoms with van der Waals surface area (Å²) < 4.78 is 0. The summed E-state index contributed by atoms with van der Waals surface area (Å²) in [5.74, 6) is 0. The number of hydrogen-bond acceptors (Lipinski definition) is 3. The molecule has 3 nitrogen and oxygen atoms in total. The summed E-state index contributed by atoms with van der Waals surface area (Å²) in [5, 5.41) is 8.82. The van der Waals surface area contributed by atoms with Gasteiger partial charge in [-0.1, -0.05) is 0 Å². The Labute approximate surface area is 87.9 Å². The van der Waals surface area contributed by atoms with E-state index >= 15 is 0 Å². The van der Waals surface area contributed by atoms with Crippen LogP contribution in [0.1, 0.15) is 33.1 Å². The van der Waals surface area contributed by atoms with E-state index in [9.17, 15) is 0 Å². The molecule has 0 atom stereocenters. The lowest BCUT2D eigenvalue weighted by atomic mass is 9.90. The van der Waals surface area contributed by atoms with Gasteiger partial charge >= 0.3 is 0 Å². The van der Waals surface area contributed by atoms with Crippen LogP contribution in [0.25, 0.3) is 0 Å². The third kappa shape index (κ3) is 6.88. The average molecular weight is 197 g/mol. The fraction of sp³-hybridized carbons (Fsp3) is 0.909. The van der Waals surface area contributed by atoms with Gasteiger partial charge in [-0.05, 0) is 59.8 Å². The minimum absolute atomic E-state index is 0.172. The van der Waals surface area contributed by atoms with E-state index in [0.717, 1.165) is 38.9 Å². The lowest BCUT2D eigenvalue weighted by Gasteiger charge is -2.19. The normalized spacial score (nSPS) is 11.7. The first kappa shape index (κ1) is 13.4. The maximum atomic E-state index is 8.82. The summed E-state index contributed by atoms with van der Waals surface area (Å²) in [4.78, 5) is 2.28. The lowest BCUT2D eigenvalue weighted by Crippen LogP contribution is -2.24. The van der Waals surface area contributed by atoms with Gasteiger partial charge in [0.25, 0.3) is 0 Å². The highest BCUT2D eigenvalue weighted by atomic mass is 15.1. The highest BCUT2D eigenvalue weighted by molar-refractivity contribution is 4.91. The minimum Gasteiger partial charge on any atom is -0.330 e. The van der Waals surface area contributed by atoms with Crippen molar-refractivity contribution in [3.63, 3.8) is 0 Å². The maximum absolute atomic E-state index is 8.82. The molecule has 0 saturated heterocycles. The molecule has 0 radical (unpaired) electrons. The minimum atomic E-state index is -0.172. The van der Waals surface area contributed by atoms with Crippen LogP contribution < -0.4 is 5.73 Å². The number of hydrogen-bond donors (Lipinski definition) is 1. The molecule has 0 rings (SSSR count). The van der Waals surface area contributed by atoms with E-state index in [1.807, 2.05) is 13.8 Å². The molecule has 0 saturated carbocycles. The Hall–Kier alpha value is -0.590. The molecule has 0 amide bonds. The van der Waals surface area contributed by atoms with Gasteiger partial charge in [0.1, 0.15) is 0 Å². The molecular weight excluding hydrogens is 174 g/mol. The van der Waals surface area contributed by atoms with Crippen molar-refractivity contribution in [2.45, 2.75) is 33.1 Å². The van der Waals surface area contributed by atoms with Crippen molar-refractivity contribution in [3.05, 3.63) is 0 Å². The Morgan fingerprint density at radius 2 is 1.86 bits per heavy atom. The number of rotatable bonds is 7. The predicted octanol–water partition coefficient (Wildman–Crippen LogP) is 1.60. The van der Waals surface area contributed by atoms with Crippen LogP contribution in [0.15, 0.2) is 0 Å². The van der Waals surface area contributed by atoms with Crippen molar-refractivity contribution in [2.24, 2.45) is 11.1 Å². The van der Waals surface area contributed by atoms with Crippen molar-refractivity contribution in [1.29, 1.82) is 5.26 Å². The molecule has 0 heterocycles. The fourth-order valence-corrected chi connectivity index (χ4v) is 1.32. The predicted molar refractivity (Wildman–Crippen MR) is 59.8 cm³/mol. The quantitative estimate of drug-likeness (QED) is 0.674. The van der Waals surface area contributed by atoms with Gasteiger partial charge in [-0.25, -0.2) is 0 Å². The van der Waals surface area contributed by atoms with Crippen LogP contribution in [0, 0.1) is 16.7 Å². The smallest absolute Gasteiger partial charge is 0.0683 e. The molecule has 0 aliphatic carbocycles. The summed E-state index contributed by atoms with van der Waals surface area (Å²) in [7, 11) is 2.11. The molecule has 14 heavy (non-hydrogen) atoms. The molecule has 2 N–H and O–H groups in total. The first-order valence-electron chi connectivity index (χ1n) is 5.32. The summed E-state index contributed by atoms with van der Waals surface area (Å²) >= 11 is 0. The number of nitriles is 1. The Bertz CT molecular complexity index is 181. The summed E-state index contributed by atoms with van der Waals surface area (Å²) in [5.41, 5.74) is 5.25. The summed E-state index contributed by atoms with van der Waals surface area (Å²) in [6.07, 6.45) is 3.11. The Morgan fingerprint density at radius 1 is 1.29 bits per heavy atom. The van der Waals surface area contributed by atoms with Gasteiger partial charge in [-0.2, -0.15) is 5.26 Å². The Kier molecular flexibility index (Phi) is 6.52. The van der Waals surface area contributed by atoms with Crippen LogP contribution >= 0.6 is 0 Å². The molecule has 0 unspecified atom stereocenters. The number of nitrogens with zero attached hydrogens (tertiary/aromatic N) is 2. The first-order chi connectivity index (χ1) is 6.52. The molecular formula is C11H23N3. The van der Waals surface area contributed by atoms with E-state index < -0.39 is 0 Å². The second kappa shape index (κ2) is 6.80. The molecule has 0 spiro atoms. The van der Waals surface area contributed by atoms with E-state index in [2.05, 4.69) is 18.0 Å². The second-order valence-electron chi connectivity index (χ2n) is 4.54. The van der Waals surface area contributed by atoms with E-state index in [1.54, 1.807) is 0 Å². The van der Waals surface area contributed by atoms with E-state index in [1.165, 1.54) is 0 Å². The SMILES string of the molecule is CN(CCCN)CCCC(C)(C)C#N. The highest BCUT2D eigenvalue weighted by Crippen LogP contribution is 2.20. The zero-order valence-corrected chi connectivity index (χ0v) is 9.71. The molecule has 0 bridgehead atoms. The molecule has 0 aromatic heterocycles. The Balaban J connectivity index is 3.50. The van der Waals surface area contributed by atoms with Crippen molar-refractivity contribution >= 4 is 0 Å². The summed E-state index contributed by atoms with van der Waals surface area (Å²) in [6.45, 7) is 6.86. The van der Waals surface area contributed by atoms with E-state index in [0.29, 0.717) is 0 Å². The molecule has 82 valence electrons. The molecule has 0 aliphatic heterocycles. The van der Waals surface area contributed by atoms with Gasteiger partial charge in [0, 0.05) is 0 Å². The van der Waals surface area contributed by atoms with E-state index in [-0.39, 0.29) is 5.41 Å². The van der Waals surface area contributed by atoms with Crippen molar-refractivity contribution in [1.82, 2.24) is 4.90 Å². The highest BCUT2D eigenvalue weighted by Gasteiger charge is 2.15. The zero-order valence-electron chi connectivity index (χ0n) is 9.71. The van der Waals surface area contributed by atoms with E-state index in [4.69, 9.17) is 11.0 Å². The molecule has 0 aromatic carbocycles. The fourth-order valence-electron chi connectivity index (χ4n) is 1.32. The number of nitrogens with two attached hydrogens (primary N) is 1. The van der Waals surface area contributed by atoms with Gasteiger partial charge in [0.2, 0.25) is 0 Å². The van der Waals surface area contributed by atoms with Gasteiger partial charge in [0.05, 0.1) is 11.5 Å². The van der Waals surface area contributed by atoms with Crippen LogP contribution in [0.2, 0.25) is 0 Å². The first-order valence-corrected chi connectivity index (χ1v) is 5.32. The second-order valence-corrected chi connectivity index (χ2v) is 4.54. The van der Waals surface area contributed by atoms with Crippen LogP contribution in [0.5, 0.6) is 0 Å². The van der Waals surface area contributed by atoms with Crippen molar-refractivity contribution in [2.75, 3.05) is 26.7 Å². The van der Waals surface area contributed by atoms with Gasteiger partial charge in [-0.15, -0.1) is 0 Å². The van der Waals surface area contributed by atoms with Gasteiger partial charge in [-0.3, -0.25) is 0 Å². The van der Waals surface area contributed by atoms with Crippen LogP contribution in [-0.2, 0) is 0 Å². The van der Waals surface area contributed by atoms with Crippen molar-refractivity contribution in [3.8, 4) is 6.07 Å². The Morgan fingerprint density at radius 3 is 2.36 bits per heavy atom.